The van der Waals surface area contributed by atoms with E-state index in [9.17, 15) is 18.0 Å². The van der Waals surface area contributed by atoms with Gasteiger partial charge in [0.15, 0.2) is 0 Å². The molecule has 0 radical (unpaired) electrons. The molecule has 1 aliphatic heterocycles. The van der Waals surface area contributed by atoms with Gasteiger partial charge in [-0.2, -0.15) is 13.2 Å². The molecule has 4 nitrogen and oxygen atoms in total. The molecule has 110 valence electrons. The molecule has 0 spiro atoms. The molecular weight excluding hydrogens is 273 g/mol. The molecule has 1 fully saturated rings. The number of β-amino-alcohol motifs (C(OH)–C–C–N with tert-alkyl or cyclic N) is 1. The average molecular weight is 288 g/mol. The topological polar surface area (TPSA) is 43.8 Å². The molecule has 1 N–H and O–H groups in total. The van der Waals surface area contributed by atoms with E-state index in [1.54, 1.807) is 7.05 Å². The average Bonchev–Trinajstić information content (AvgIpc) is 2.66. The Hall–Kier alpha value is -1.60. The lowest BCUT2D eigenvalue weighted by Crippen LogP contribution is -2.39. The predicted octanol–water partition coefficient (Wildman–Crippen LogP) is 1.82. The van der Waals surface area contributed by atoms with Crippen LogP contribution < -0.4 is 0 Å². The van der Waals surface area contributed by atoms with E-state index in [2.05, 4.69) is 0 Å². The first kappa shape index (κ1) is 14.8. The summed E-state index contributed by atoms with van der Waals surface area (Å²) >= 11 is 0. The van der Waals surface area contributed by atoms with E-state index in [1.165, 1.54) is 28.2 Å². The van der Waals surface area contributed by atoms with E-state index in [1.807, 2.05) is 0 Å². The SMILES string of the molecule is CN1C(c2ccccc2C(F)(F)F)CC(=O)N1CCO. The van der Waals surface area contributed by atoms with Gasteiger partial charge in [0.1, 0.15) is 0 Å². The molecule has 0 aromatic heterocycles. The molecule has 1 aromatic carbocycles. The van der Waals surface area contributed by atoms with Crippen LogP contribution in [0, 0.1) is 0 Å². The molecule has 0 aliphatic carbocycles. The molecule has 1 saturated heterocycles. The zero-order chi connectivity index (χ0) is 14.9. The number of hydrazine groups is 1. The molecule has 1 amide bonds. The first-order chi connectivity index (χ1) is 9.36. The monoisotopic (exact) mass is 288 g/mol. The minimum Gasteiger partial charge on any atom is -0.394 e. The number of carbonyl (C=O) groups is 1. The lowest BCUT2D eigenvalue weighted by Gasteiger charge is -2.29. The minimum absolute atomic E-state index is 0.0242. The zero-order valence-corrected chi connectivity index (χ0v) is 10.9. The molecule has 1 aromatic rings. The number of aliphatic hydroxyl groups is 1. The second-order valence-corrected chi connectivity index (χ2v) is 4.62. The molecular formula is C13H15F3N2O2. The van der Waals surface area contributed by atoms with E-state index in [4.69, 9.17) is 5.11 Å². The van der Waals surface area contributed by atoms with Gasteiger partial charge in [-0.05, 0) is 11.6 Å². The van der Waals surface area contributed by atoms with Crippen LogP contribution in [-0.2, 0) is 11.0 Å². The second kappa shape index (κ2) is 5.41. The number of hydrogen-bond donors (Lipinski definition) is 1. The highest BCUT2D eigenvalue weighted by Crippen LogP contribution is 2.39. The highest BCUT2D eigenvalue weighted by Gasteiger charge is 2.41. The number of nitrogens with zero attached hydrogens (tertiary/aromatic N) is 2. The molecule has 1 unspecified atom stereocenters. The number of hydrogen-bond acceptors (Lipinski definition) is 3. The Balaban J connectivity index is 2.36. The van der Waals surface area contributed by atoms with E-state index in [-0.39, 0.29) is 31.0 Å². The molecule has 1 heterocycles. The minimum atomic E-state index is -4.45. The van der Waals surface area contributed by atoms with Gasteiger partial charge in [-0.15, -0.1) is 0 Å². The summed E-state index contributed by atoms with van der Waals surface area (Å²) in [6, 6.07) is 4.60. The fourth-order valence-electron chi connectivity index (χ4n) is 2.48. The van der Waals surface area contributed by atoms with Crippen LogP contribution in [0.4, 0.5) is 13.2 Å². The van der Waals surface area contributed by atoms with E-state index in [0.29, 0.717) is 0 Å². The second-order valence-electron chi connectivity index (χ2n) is 4.62. The number of alkyl halides is 3. The summed E-state index contributed by atoms with van der Waals surface area (Å²) in [5.41, 5.74) is -0.646. The standard InChI is InChI=1S/C13H15F3N2O2/c1-17-11(8-12(20)18(17)6-7-19)9-4-2-3-5-10(9)13(14,15)16/h2-5,11,19H,6-8H2,1H3. The van der Waals surface area contributed by atoms with E-state index < -0.39 is 17.8 Å². The molecule has 7 heteroatoms. The fraction of sp³-hybridized carbons (Fsp3) is 0.462. The third-order valence-corrected chi connectivity index (χ3v) is 3.42. The molecule has 1 atom stereocenters. The Morgan fingerprint density at radius 3 is 2.60 bits per heavy atom. The summed E-state index contributed by atoms with van der Waals surface area (Å²) in [6.45, 7) is -0.149. The van der Waals surface area contributed by atoms with Crippen molar-refractivity contribution in [1.29, 1.82) is 0 Å². The van der Waals surface area contributed by atoms with Crippen molar-refractivity contribution >= 4 is 5.91 Å². The largest absolute Gasteiger partial charge is 0.416 e. The van der Waals surface area contributed by atoms with Gasteiger partial charge < -0.3 is 5.11 Å². The molecule has 0 saturated carbocycles. The molecule has 1 aliphatic rings. The van der Waals surface area contributed by atoms with E-state index in [0.717, 1.165) is 6.07 Å². The number of aliphatic hydroxyl groups excluding tert-OH is 1. The predicted molar refractivity (Wildman–Crippen MR) is 65.4 cm³/mol. The summed E-state index contributed by atoms with van der Waals surface area (Å²) in [6.07, 6.45) is -4.48. The van der Waals surface area contributed by atoms with Crippen molar-refractivity contribution in [1.82, 2.24) is 10.0 Å². The third-order valence-electron chi connectivity index (χ3n) is 3.42. The van der Waals surface area contributed by atoms with Gasteiger partial charge in [-0.3, -0.25) is 9.80 Å². The quantitative estimate of drug-likeness (QED) is 0.922. The summed E-state index contributed by atoms with van der Waals surface area (Å²) < 4.78 is 39.0. The normalized spacial score (nSPS) is 20.8. The van der Waals surface area contributed by atoms with Crippen molar-refractivity contribution < 1.29 is 23.1 Å². The summed E-state index contributed by atoms with van der Waals surface area (Å²) in [5.74, 6) is -0.288. The first-order valence-corrected chi connectivity index (χ1v) is 6.16. The third kappa shape index (κ3) is 2.64. The van der Waals surface area contributed by atoms with Crippen molar-refractivity contribution in [2.24, 2.45) is 0 Å². The first-order valence-electron chi connectivity index (χ1n) is 6.16. The van der Waals surface area contributed by atoms with Crippen LogP contribution in [0.15, 0.2) is 24.3 Å². The Morgan fingerprint density at radius 1 is 1.35 bits per heavy atom. The van der Waals surface area contributed by atoms with Crippen LogP contribution in [0.25, 0.3) is 0 Å². The van der Waals surface area contributed by atoms with Crippen molar-refractivity contribution in [3.05, 3.63) is 35.4 Å². The Bertz CT molecular complexity index is 505. The highest BCUT2D eigenvalue weighted by molar-refractivity contribution is 5.78. The smallest absolute Gasteiger partial charge is 0.394 e. The van der Waals surface area contributed by atoms with E-state index >= 15 is 0 Å². The van der Waals surface area contributed by atoms with Gasteiger partial charge in [0.05, 0.1) is 24.8 Å². The molecule has 20 heavy (non-hydrogen) atoms. The Morgan fingerprint density at radius 2 is 2.00 bits per heavy atom. The maximum atomic E-state index is 13.0. The van der Waals surface area contributed by atoms with Crippen LogP contribution >= 0.6 is 0 Å². The number of amides is 1. The van der Waals surface area contributed by atoms with Gasteiger partial charge in [-0.1, -0.05) is 18.2 Å². The van der Waals surface area contributed by atoms with Gasteiger partial charge in [-0.25, -0.2) is 5.01 Å². The highest BCUT2D eigenvalue weighted by atomic mass is 19.4. The van der Waals surface area contributed by atoms with Crippen LogP contribution in [0.1, 0.15) is 23.6 Å². The number of carbonyl (C=O) groups excluding carboxylic acids is 1. The van der Waals surface area contributed by atoms with Gasteiger partial charge >= 0.3 is 6.18 Å². The maximum Gasteiger partial charge on any atom is 0.416 e. The van der Waals surface area contributed by atoms with Crippen molar-refractivity contribution in [2.75, 3.05) is 20.2 Å². The van der Waals surface area contributed by atoms with Crippen LogP contribution in [-0.4, -0.2) is 41.2 Å². The fourth-order valence-corrected chi connectivity index (χ4v) is 2.48. The zero-order valence-electron chi connectivity index (χ0n) is 10.9. The van der Waals surface area contributed by atoms with Gasteiger partial charge in [0, 0.05) is 13.5 Å². The maximum absolute atomic E-state index is 13.0. The van der Waals surface area contributed by atoms with Crippen LogP contribution in [0.3, 0.4) is 0 Å². The Kier molecular flexibility index (Phi) is 4.01. The number of benzene rings is 1. The Labute approximate surface area is 114 Å². The van der Waals surface area contributed by atoms with Gasteiger partial charge in [0.2, 0.25) is 5.91 Å². The summed E-state index contributed by atoms with van der Waals surface area (Å²) in [5, 5.41) is 11.6. The number of halogens is 3. The van der Waals surface area contributed by atoms with Crippen molar-refractivity contribution in [3.63, 3.8) is 0 Å². The summed E-state index contributed by atoms with van der Waals surface area (Å²) in [7, 11) is 1.55. The van der Waals surface area contributed by atoms with Crippen LogP contribution in [0.2, 0.25) is 0 Å². The van der Waals surface area contributed by atoms with Gasteiger partial charge in [0.25, 0.3) is 0 Å². The molecule has 2 rings (SSSR count). The van der Waals surface area contributed by atoms with Crippen LogP contribution in [0.5, 0.6) is 0 Å². The molecule has 0 bridgehead atoms. The van der Waals surface area contributed by atoms with Crippen molar-refractivity contribution in [2.45, 2.75) is 18.6 Å². The number of rotatable bonds is 3. The van der Waals surface area contributed by atoms with Crippen molar-refractivity contribution in [3.8, 4) is 0 Å². The lowest BCUT2D eigenvalue weighted by molar-refractivity contribution is -0.139. The summed E-state index contributed by atoms with van der Waals surface area (Å²) in [4.78, 5) is 11.8. The lowest BCUT2D eigenvalue weighted by atomic mass is 9.98.